The lowest BCUT2D eigenvalue weighted by Gasteiger charge is -2.31. The van der Waals surface area contributed by atoms with Crippen LogP contribution in [0, 0.1) is 5.92 Å². The van der Waals surface area contributed by atoms with Gasteiger partial charge in [0, 0.05) is 12.5 Å². The standard InChI is InChI=1S/C15H19NO/c1-11(12-6-3-2-4-7-12)16-14-9-5-8-13(14)10-15(16)17/h2-4,6-7,11,13-14H,5,8-10H2,1H3/t11-,13-,14-/m1/s1. The van der Waals surface area contributed by atoms with E-state index in [4.69, 9.17) is 0 Å². The lowest BCUT2D eigenvalue weighted by Crippen LogP contribution is -2.35. The van der Waals surface area contributed by atoms with Gasteiger partial charge < -0.3 is 4.90 Å². The molecule has 1 aliphatic heterocycles. The molecule has 2 fully saturated rings. The SMILES string of the molecule is C[C@H](c1ccccc1)N1C(=O)C[C@H]2CCC[C@H]21. The fraction of sp³-hybridized carbons (Fsp3) is 0.533. The van der Waals surface area contributed by atoms with E-state index in [1.54, 1.807) is 0 Å². The molecule has 3 rings (SSSR count). The second kappa shape index (κ2) is 4.17. The number of carbonyl (C=O) groups excluding carboxylic acids is 1. The monoisotopic (exact) mass is 229 g/mol. The third kappa shape index (κ3) is 1.76. The molecule has 0 unspecified atom stereocenters. The van der Waals surface area contributed by atoms with E-state index >= 15 is 0 Å². The van der Waals surface area contributed by atoms with Crippen molar-refractivity contribution in [2.24, 2.45) is 5.92 Å². The van der Waals surface area contributed by atoms with Crippen LogP contribution in [0.3, 0.4) is 0 Å². The van der Waals surface area contributed by atoms with Gasteiger partial charge in [-0.3, -0.25) is 4.79 Å². The minimum atomic E-state index is 0.233. The molecular formula is C15H19NO. The van der Waals surface area contributed by atoms with E-state index in [1.807, 2.05) is 6.07 Å². The first-order valence-electron chi connectivity index (χ1n) is 6.63. The highest BCUT2D eigenvalue weighted by Crippen LogP contribution is 2.42. The molecule has 2 nitrogen and oxygen atoms in total. The van der Waals surface area contributed by atoms with Crippen molar-refractivity contribution in [1.29, 1.82) is 0 Å². The van der Waals surface area contributed by atoms with Crippen LogP contribution in [-0.4, -0.2) is 16.8 Å². The Morgan fingerprint density at radius 3 is 2.76 bits per heavy atom. The second-order valence-electron chi connectivity index (χ2n) is 5.35. The van der Waals surface area contributed by atoms with Crippen LogP contribution in [-0.2, 0) is 4.79 Å². The molecule has 0 radical (unpaired) electrons. The van der Waals surface area contributed by atoms with Crippen molar-refractivity contribution < 1.29 is 4.79 Å². The maximum atomic E-state index is 12.1. The van der Waals surface area contributed by atoms with Crippen LogP contribution in [0.2, 0.25) is 0 Å². The zero-order valence-electron chi connectivity index (χ0n) is 10.3. The summed E-state index contributed by atoms with van der Waals surface area (Å²) in [5.74, 6) is 0.990. The van der Waals surface area contributed by atoms with Crippen LogP contribution in [0.4, 0.5) is 0 Å². The maximum absolute atomic E-state index is 12.1. The molecule has 0 spiro atoms. The Labute approximate surface area is 103 Å². The van der Waals surface area contributed by atoms with Gasteiger partial charge in [-0.1, -0.05) is 36.8 Å². The lowest BCUT2D eigenvalue weighted by atomic mass is 10.0. The molecule has 3 atom stereocenters. The third-order valence-electron chi connectivity index (χ3n) is 4.40. The van der Waals surface area contributed by atoms with E-state index in [9.17, 15) is 4.79 Å². The second-order valence-corrected chi connectivity index (χ2v) is 5.35. The summed E-state index contributed by atoms with van der Waals surface area (Å²) in [6, 6.07) is 11.1. The summed E-state index contributed by atoms with van der Waals surface area (Å²) in [5.41, 5.74) is 1.26. The normalized spacial score (nSPS) is 29.5. The number of nitrogens with zero attached hydrogens (tertiary/aromatic N) is 1. The smallest absolute Gasteiger partial charge is 0.223 e. The van der Waals surface area contributed by atoms with Gasteiger partial charge in [-0.05, 0) is 31.2 Å². The van der Waals surface area contributed by atoms with Crippen LogP contribution < -0.4 is 0 Å². The van der Waals surface area contributed by atoms with Crippen LogP contribution >= 0.6 is 0 Å². The number of benzene rings is 1. The zero-order valence-corrected chi connectivity index (χ0v) is 10.3. The van der Waals surface area contributed by atoms with Gasteiger partial charge in [0.05, 0.1) is 6.04 Å². The molecular weight excluding hydrogens is 210 g/mol. The predicted molar refractivity (Wildman–Crippen MR) is 67.4 cm³/mol. The maximum Gasteiger partial charge on any atom is 0.223 e. The summed E-state index contributed by atoms with van der Waals surface area (Å²) >= 11 is 0. The number of carbonyl (C=O) groups is 1. The largest absolute Gasteiger partial charge is 0.333 e. The van der Waals surface area contributed by atoms with E-state index in [0.29, 0.717) is 17.9 Å². The number of amides is 1. The molecule has 1 aliphatic carbocycles. The molecule has 1 aromatic rings. The van der Waals surface area contributed by atoms with E-state index in [1.165, 1.54) is 24.8 Å². The van der Waals surface area contributed by atoms with Gasteiger partial charge >= 0.3 is 0 Å². The molecule has 1 saturated heterocycles. The molecule has 90 valence electrons. The van der Waals surface area contributed by atoms with Crippen molar-refractivity contribution in [2.75, 3.05) is 0 Å². The molecule has 2 heteroatoms. The Morgan fingerprint density at radius 2 is 2.00 bits per heavy atom. The molecule has 1 aromatic carbocycles. The Hall–Kier alpha value is -1.31. The highest BCUT2D eigenvalue weighted by molar-refractivity contribution is 5.80. The van der Waals surface area contributed by atoms with Crippen molar-refractivity contribution >= 4 is 5.91 Å². The van der Waals surface area contributed by atoms with Gasteiger partial charge in [0.1, 0.15) is 0 Å². The summed E-state index contributed by atoms with van der Waals surface area (Å²) in [6.07, 6.45) is 4.52. The first kappa shape index (κ1) is 10.8. The van der Waals surface area contributed by atoms with Gasteiger partial charge in [0.25, 0.3) is 0 Å². The van der Waals surface area contributed by atoms with E-state index in [0.717, 1.165) is 6.42 Å². The topological polar surface area (TPSA) is 20.3 Å². The summed E-state index contributed by atoms with van der Waals surface area (Å²) < 4.78 is 0. The Bertz CT molecular complexity index is 414. The fourth-order valence-corrected chi connectivity index (χ4v) is 3.53. The van der Waals surface area contributed by atoms with Gasteiger partial charge in [0.15, 0.2) is 0 Å². The number of fused-ring (bicyclic) bond motifs is 1. The van der Waals surface area contributed by atoms with E-state index in [2.05, 4.69) is 36.1 Å². The number of rotatable bonds is 2. The Balaban J connectivity index is 1.86. The number of hydrogen-bond acceptors (Lipinski definition) is 1. The molecule has 2 aliphatic rings. The van der Waals surface area contributed by atoms with Gasteiger partial charge in [0.2, 0.25) is 5.91 Å². The zero-order chi connectivity index (χ0) is 11.8. The minimum Gasteiger partial charge on any atom is -0.333 e. The lowest BCUT2D eigenvalue weighted by molar-refractivity contribution is -0.131. The van der Waals surface area contributed by atoms with Gasteiger partial charge in [-0.25, -0.2) is 0 Å². The summed E-state index contributed by atoms with van der Waals surface area (Å²) in [6.45, 7) is 2.16. The highest BCUT2D eigenvalue weighted by Gasteiger charge is 2.44. The molecule has 17 heavy (non-hydrogen) atoms. The molecule has 0 aromatic heterocycles. The van der Waals surface area contributed by atoms with Crippen molar-refractivity contribution in [3.05, 3.63) is 35.9 Å². The summed E-state index contributed by atoms with van der Waals surface area (Å²) in [4.78, 5) is 14.3. The van der Waals surface area contributed by atoms with E-state index in [-0.39, 0.29) is 6.04 Å². The number of hydrogen-bond donors (Lipinski definition) is 0. The van der Waals surface area contributed by atoms with Crippen LogP contribution in [0.1, 0.15) is 44.2 Å². The molecule has 1 saturated carbocycles. The van der Waals surface area contributed by atoms with Crippen molar-refractivity contribution in [1.82, 2.24) is 4.90 Å². The molecule has 0 bridgehead atoms. The first-order chi connectivity index (χ1) is 8.27. The average molecular weight is 229 g/mol. The van der Waals surface area contributed by atoms with Gasteiger partial charge in [-0.2, -0.15) is 0 Å². The Morgan fingerprint density at radius 1 is 1.24 bits per heavy atom. The van der Waals surface area contributed by atoms with Crippen LogP contribution in [0.5, 0.6) is 0 Å². The third-order valence-corrected chi connectivity index (χ3v) is 4.40. The predicted octanol–water partition coefficient (Wildman–Crippen LogP) is 3.15. The van der Waals surface area contributed by atoms with Crippen LogP contribution in [0.25, 0.3) is 0 Å². The summed E-state index contributed by atoms with van der Waals surface area (Å²) in [7, 11) is 0. The van der Waals surface area contributed by atoms with Gasteiger partial charge in [-0.15, -0.1) is 0 Å². The molecule has 1 heterocycles. The average Bonchev–Trinajstić information content (AvgIpc) is 2.89. The highest BCUT2D eigenvalue weighted by atomic mass is 16.2. The summed E-state index contributed by atoms with van der Waals surface area (Å²) in [5, 5.41) is 0. The van der Waals surface area contributed by atoms with Crippen molar-refractivity contribution in [3.63, 3.8) is 0 Å². The number of likely N-dealkylation sites (tertiary alicyclic amines) is 1. The quantitative estimate of drug-likeness (QED) is 0.763. The minimum absolute atomic E-state index is 0.233. The van der Waals surface area contributed by atoms with Crippen molar-refractivity contribution in [3.8, 4) is 0 Å². The van der Waals surface area contributed by atoms with Crippen LogP contribution in [0.15, 0.2) is 30.3 Å². The fourth-order valence-electron chi connectivity index (χ4n) is 3.53. The first-order valence-corrected chi connectivity index (χ1v) is 6.63. The molecule has 0 N–H and O–H groups in total. The van der Waals surface area contributed by atoms with Crippen molar-refractivity contribution in [2.45, 2.75) is 44.7 Å². The Kier molecular flexibility index (Phi) is 2.65. The molecule has 1 amide bonds. The van der Waals surface area contributed by atoms with E-state index < -0.39 is 0 Å².